The highest BCUT2D eigenvalue weighted by Crippen LogP contribution is 2.28. The molecule has 3 aromatic rings. The molecule has 28 heavy (non-hydrogen) atoms. The Hall–Kier alpha value is -2.86. The molecule has 0 saturated carbocycles. The molecule has 0 aliphatic heterocycles. The highest BCUT2D eigenvalue weighted by molar-refractivity contribution is 8.00. The summed E-state index contributed by atoms with van der Waals surface area (Å²) in [5.41, 5.74) is 2.79. The van der Waals surface area contributed by atoms with Gasteiger partial charge < -0.3 is 9.83 Å². The minimum Gasteiger partial charge on any atom is -0.478 e. The molecule has 0 amide bonds. The average Bonchev–Trinajstić information content (AvgIpc) is 2.67. The van der Waals surface area contributed by atoms with Crippen LogP contribution in [-0.4, -0.2) is 16.1 Å². The van der Waals surface area contributed by atoms with Gasteiger partial charge in [0, 0.05) is 10.5 Å². The Kier molecular flexibility index (Phi) is 5.70. The lowest BCUT2D eigenvalue weighted by Gasteiger charge is -2.14. The molecule has 0 radical (unpaired) electrons. The molecule has 4 nitrogen and oxygen atoms in total. The van der Waals surface area contributed by atoms with Gasteiger partial charge in [-0.05, 0) is 68.1 Å². The standard InChI is InChI=1S/C22H21FN2O2S/c1-14-4-10-18(12-19(14)21(26)27)28-25-17-9-11-20(24-13-17)15-5-7-16(8-6-15)22(2,3)23/h4-13,25H,1-3H3,(H,26,27). The quantitative estimate of drug-likeness (QED) is 0.495. The second-order valence-electron chi connectivity index (χ2n) is 6.97. The first-order valence-corrected chi connectivity index (χ1v) is 9.58. The van der Waals surface area contributed by atoms with Crippen LogP contribution in [0.5, 0.6) is 0 Å². The summed E-state index contributed by atoms with van der Waals surface area (Å²) in [5, 5.41) is 9.22. The summed E-state index contributed by atoms with van der Waals surface area (Å²) < 4.78 is 17.1. The van der Waals surface area contributed by atoms with Crippen LogP contribution in [0.2, 0.25) is 0 Å². The van der Waals surface area contributed by atoms with Gasteiger partial charge in [-0.1, -0.05) is 30.3 Å². The lowest BCUT2D eigenvalue weighted by molar-refractivity contribution is 0.0696. The largest absolute Gasteiger partial charge is 0.478 e. The molecule has 0 unspecified atom stereocenters. The lowest BCUT2D eigenvalue weighted by atomic mass is 9.98. The minimum absolute atomic E-state index is 0.292. The van der Waals surface area contributed by atoms with Crippen LogP contribution in [0.25, 0.3) is 11.3 Å². The summed E-state index contributed by atoms with van der Waals surface area (Å²) >= 11 is 1.33. The van der Waals surface area contributed by atoms with Crippen LogP contribution in [-0.2, 0) is 5.67 Å². The van der Waals surface area contributed by atoms with Gasteiger partial charge in [-0.2, -0.15) is 0 Å². The van der Waals surface area contributed by atoms with Crippen molar-refractivity contribution in [3.63, 3.8) is 0 Å². The van der Waals surface area contributed by atoms with Gasteiger partial charge in [0.15, 0.2) is 0 Å². The Morgan fingerprint density at radius 3 is 2.39 bits per heavy atom. The number of rotatable bonds is 6. The van der Waals surface area contributed by atoms with E-state index >= 15 is 0 Å². The number of hydrogen-bond acceptors (Lipinski definition) is 4. The molecule has 0 bridgehead atoms. The maximum atomic E-state index is 14.0. The third kappa shape index (κ3) is 4.70. The fourth-order valence-corrected chi connectivity index (χ4v) is 3.34. The Balaban J connectivity index is 1.68. The Labute approximate surface area is 168 Å². The number of aromatic carboxylic acids is 1. The lowest BCUT2D eigenvalue weighted by Crippen LogP contribution is -2.08. The predicted octanol–water partition coefficient (Wildman–Crippen LogP) is 6.08. The van der Waals surface area contributed by atoms with E-state index in [9.17, 15) is 14.3 Å². The fraction of sp³-hybridized carbons (Fsp3) is 0.182. The molecule has 0 atom stereocenters. The summed E-state index contributed by atoms with van der Waals surface area (Å²) in [7, 11) is 0. The van der Waals surface area contributed by atoms with Crippen LogP contribution in [0, 0.1) is 6.92 Å². The van der Waals surface area contributed by atoms with E-state index < -0.39 is 11.6 Å². The highest BCUT2D eigenvalue weighted by Gasteiger charge is 2.18. The van der Waals surface area contributed by atoms with Gasteiger partial charge in [0.2, 0.25) is 0 Å². The average molecular weight is 396 g/mol. The third-order valence-electron chi connectivity index (χ3n) is 4.36. The SMILES string of the molecule is Cc1ccc(SNc2ccc(-c3ccc(C(C)(C)F)cc3)nc2)cc1C(=O)O. The van der Waals surface area contributed by atoms with E-state index in [0.717, 1.165) is 27.4 Å². The van der Waals surface area contributed by atoms with E-state index in [4.69, 9.17) is 0 Å². The number of hydrogen-bond donors (Lipinski definition) is 2. The first-order chi connectivity index (χ1) is 13.2. The zero-order valence-corrected chi connectivity index (χ0v) is 16.7. The number of nitrogens with one attached hydrogen (secondary N) is 1. The molecule has 0 fully saturated rings. The minimum atomic E-state index is -1.37. The van der Waals surface area contributed by atoms with Crippen LogP contribution in [0.3, 0.4) is 0 Å². The molecule has 6 heteroatoms. The molecule has 2 aromatic carbocycles. The maximum Gasteiger partial charge on any atom is 0.335 e. The zero-order valence-electron chi connectivity index (χ0n) is 15.9. The van der Waals surface area contributed by atoms with Crippen molar-refractivity contribution in [3.8, 4) is 11.3 Å². The number of pyridine rings is 1. The molecule has 0 spiro atoms. The molecule has 3 rings (SSSR count). The number of halogens is 1. The van der Waals surface area contributed by atoms with Crippen molar-refractivity contribution in [2.75, 3.05) is 4.72 Å². The maximum absolute atomic E-state index is 14.0. The van der Waals surface area contributed by atoms with E-state index in [1.807, 2.05) is 30.3 Å². The zero-order chi connectivity index (χ0) is 20.3. The van der Waals surface area contributed by atoms with Gasteiger partial charge >= 0.3 is 5.97 Å². The summed E-state index contributed by atoms with van der Waals surface area (Å²) in [6.45, 7) is 4.84. The Morgan fingerprint density at radius 1 is 1.11 bits per heavy atom. The van der Waals surface area contributed by atoms with Gasteiger partial charge in [0.05, 0.1) is 23.1 Å². The molecular formula is C22H21FN2O2S. The monoisotopic (exact) mass is 396 g/mol. The van der Waals surface area contributed by atoms with Crippen molar-refractivity contribution in [2.24, 2.45) is 0 Å². The van der Waals surface area contributed by atoms with Crippen LogP contribution in [0.4, 0.5) is 10.1 Å². The van der Waals surface area contributed by atoms with Crippen molar-refractivity contribution < 1.29 is 14.3 Å². The Morgan fingerprint density at radius 2 is 1.82 bits per heavy atom. The van der Waals surface area contributed by atoms with Crippen molar-refractivity contribution in [2.45, 2.75) is 31.3 Å². The molecule has 0 saturated heterocycles. The molecule has 1 heterocycles. The van der Waals surface area contributed by atoms with Crippen molar-refractivity contribution in [1.29, 1.82) is 0 Å². The smallest absolute Gasteiger partial charge is 0.335 e. The van der Waals surface area contributed by atoms with Crippen LogP contribution >= 0.6 is 11.9 Å². The van der Waals surface area contributed by atoms with Crippen LogP contribution < -0.4 is 4.72 Å². The number of anilines is 1. The topological polar surface area (TPSA) is 62.2 Å². The number of alkyl halides is 1. The van der Waals surface area contributed by atoms with Gasteiger partial charge in [-0.3, -0.25) is 4.98 Å². The molecular weight excluding hydrogens is 375 g/mol. The number of carbonyl (C=O) groups is 1. The summed E-state index contributed by atoms with van der Waals surface area (Å²) in [6, 6.07) is 16.4. The summed E-state index contributed by atoms with van der Waals surface area (Å²) in [6.07, 6.45) is 1.71. The van der Waals surface area contributed by atoms with Crippen LogP contribution in [0.1, 0.15) is 35.3 Å². The van der Waals surface area contributed by atoms with Gasteiger partial charge in [0.1, 0.15) is 5.67 Å². The molecule has 0 aliphatic carbocycles. The number of benzene rings is 2. The second kappa shape index (κ2) is 8.02. The van der Waals surface area contributed by atoms with E-state index in [0.29, 0.717) is 11.1 Å². The third-order valence-corrected chi connectivity index (χ3v) is 5.18. The van der Waals surface area contributed by atoms with Crippen molar-refractivity contribution >= 4 is 23.6 Å². The number of carboxylic acids is 1. The number of aryl methyl sites for hydroxylation is 1. The van der Waals surface area contributed by atoms with Crippen molar-refractivity contribution in [3.05, 3.63) is 77.5 Å². The van der Waals surface area contributed by atoms with E-state index in [1.54, 1.807) is 37.4 Å². The van der Waals surface area contributed by atoms with E-state index in [1.165, 1.54) is 25.8 Å². The van der Waals surface area contributed by atoms with E-state index in [-0.39, 0.29) is 0 Å². The van der Waals surface area contributed by atoms with E-state index in [2.05, 4.69) is 9.71 Å². The normalized spacial score (nSPS) is 11.3. The van der Waals surface area contributed by atoms with Crippen LogP contribution in [0.15, 0.2) is 65.7 Å². The molecule has 2 N–H and O–H groups in total. The first-order valence-electron chi connectivity index (χ1n) is 8.77. The first kappa shape index (κ1) is 19.9. The number of nitrogens with zero attached hydrogens (tertiary/aromatic N) is 1. The van der Waals surface area contributed by atoms with Gasteiger partial charge in [0.25, 0.3) is 0 Å². The molecule has 0 aliphatic rings. The fourth-order valence-electron chi connectivity index (χ4n) is 2.68. The molecule has 1 aromatic heterocycles. The molecule has 144 valence electrons. The highest BCUT2D eigenvalue weighted by atomic mass is 32.2. The second-order valence-corrected chi connectivity index (χ2v) is 7.85. The summed E-state index contributed by atoms with van der Waals surface area (Å²) in [4.78, 5) is 16.5. The summed E-state index contributed by atoms with van der Waals surface area (Å²) in [5.74, 6) is -0.937. The predicted molar refractivity (Wildman–Crippen MR) is 111 cm³/mol. The van der Waals surface area contributed by atoms with Gasteiger partial charge in [-0.15, -0.1) is 0 Å². The number of carboxylic acid groups (broad SMARTS) is 1. The van der Waals surface area contributed by atoms with Gasteiger partial charge in [-0.25, -0.2) is 9.18 Å². The van der Waals surface area contributed by atoms with Crippen molar-refractivity contribution in [1.82, 2.24) is 4.98 Å². The number of aromatic nitrogens is 1. The Bertz CT molecular complexity index is 981.